The van der Waals surface area contributed by atoms with Crippen LogP contribution >= 0.6 is 0 Å². The van der Waals surface area contributed by atoms with E-state index in [1.807, 2.05) is 30.3 Å². The molecule has 0 bridgehead atoms. The summed E-state index contributed by atoms with van der Waals surface area (Å²) in [6, 6.07) is 13.8. The van der Waals surface area contributed by atoms with Crippen LogP contribution in [0.2, 0.25) is 0 Å². The predicted octanol–water partition coefficient (Wildman–Crippen LogP) is 2.63. The number of pyridine rings is 1. The number of piperidine rings is 1. The molecule has 4 nitrogen and oxygen atoms in total. The van der Waals surface area contributed by atoms with E-state index in [-0.39, 0.29) is 5.56 Å². The van der Waals surface area contributed by atoms with Crippen LogP contribution in [-0.2, 0) is 6.54 Å². The van der Waals surface area contributed by atoms with Crippen molar-refractivity contribution in [1.82, 2.24) is 9.88 Å². The van der Waals surface area contributed by atoms with Crippen molar-refractivity contribution in [3.8, 4) is 6.07 Å². The van der Waals surface area contributed by atoms with E-state index in [0.29, 0.717) is 5.92 Å². The molecule has 1 aromatic carbocycles. The molecular formula is C18H19N3O. The molecule has 22 heavy (non-hydrogen) atoms. The summed E-state index contributed by atoms with van der Waals surface area (Å²) in [6.07, 6.45) is 3.84. The number of nitrogens with zero attached hydrogens (tertiary/aromatic N) is 2. The summed E-state index contributed by atoms with van der Waals surface area (Å²) in [5.41, 5.74) is 2.97. The van der Waals surface area contributed by atoms with Crippen molar-refractivity contribution in [1.29, 1.82) is 5.26 Å². The molecule has 2 heterocycles. The van der Waals surface area contributed by atoms with E-state index in [1.54, 1.807) is 12.3 Å². The van der Waals surface area contributed by atoms with Crippen molar-refractivity contribution in [2.45, 2.75) is 25.3 Å². The second kappa shape index (κ2) is 6.59. The van der Waals surface area contributed by atoms with Gasteiger partial charge in [-0.05, 0) is 55.1 Å². The van der Waals surface area contributed by atoms with Gasteiger partial charge < -0.3 is 4.98 Å². The van der Waals surface area contributed by atoms with Crippen LogP contribution in [0.25, 0.3) is 0 Å². The van der Waals surface area contributed by atoms with Crippen LogP contribution in [0.4, 0.5) is 0 Å². The van der Waals surface area contributed by atoms with Gasteiger partial charge in [-0.3, -0.25) is 9.69 Å². The van der Waals surface area contributed by atoms with Gasteiger partial charge in [-0.15, -0.1) is 0 Å². The van der Waals surface area contributed by atoms with Crippen LogP contribution in [-0.4, -0.2) is 23.0 Å². The lowest BCUT2D eigenvalue weighted by molar-refractivity contribution is 0.204. The zero-order chi connectivity index (χ0) is 15.4. The van der Waals surface area contributed by atoms with E-state index in [0.717, 1.165) is 49.2 Å². The van der Waals surface area contributed by atoms with Gasteiger partial charge in [0.05, 0.1) is 11.6 Å². The highest BCUT2D eigenvalue weighted by Gasteiger charge is 2.21. The van der Waals surface area contributed by atoms with E-state index < -0.39 is 0 Å². The zero-order valence-electron chi connectivity index (χ0n) is 12.5. The first-order chi connectivity index (χ1) is 10.8. The predicted molar refractivity (Wildman–Crippen MR) is 85.5 cm³/mol. The van der Waals surface area contributed by atoms with Gasteiger partial charge in [0.25, 0.3) is 0 Å². The third-order valence-corrected chi connectivity index (χ3v) is 4.39. The van der Waals surface area contributed by atoms with Gasteiger partial charge in [0, 0.05) is 18.8 Å². The Morgan fingerprint density at radius 3 is 2.73 bits per heavy atom. The number of aromatic amines is 1. The highest BCUT2D eigenvalue weighted by molar-refractivity contribution is 5.37. The minimum absolute atomic E-state index is 0.0251. The Hall–Kier alpha value is -2.38. The molecule has 1 N–H and O–H groups in total. The van der Waals surface area contributed by atoms with Gasteiger partial charge in [0.2, 0.25) is 5.56 Å². The standard InChI is InChI=1S/C18H19N3O/c19-12-16-3-1-2-4-17(16)13-21-9-6-14(7-10-21)15-5-8-20-18(22)11-15/h1-5,8,11,14H,6-7,9-10,13H2,(H,20,22). The number of likely N-dealkylation sites (tertiary alicyclic amines) is 1. The number of benzene rings is 1. The van der Waals surface area contributed by atoms with Gasteiger partial charge >= 0.3 is 0 Å². The molecule has 1 aliphatic heterocycles. The normalized spacial score (nSPS) is 16.3. The van der Waals surface area contributed by atoms with Crippen LogP contribution in [0.3, 0.4) is 0 Å². The molecule has 1 aromatic heterocycles. The summed E-state index contributed by atoms with van der Waals surface area (Å²) in [5.74, 6) is 0.463. The van der Waals surface area contributed by atoms with E-state index in [4.69, 9.17) is 5.26 Å². The maximum Gasteiger partial charge on any atom is 0.248 e. The highest BCUT2D eigenvalue weighted by atomic mass is 16.1. The highest BCUT2D eigenvalue weighted by Crippen LogP contribution is 2.27. The lowest BCUT2D eigenvalue weighted by atomic mass is 9.90. The maximum atomic E-state index is 11.4. The van der Waals surface area contributed by atoms with Gasteiger partial charge in [-0.25, -0.2) is 0 Å². The number of aromatic nitrogens is 1. The summed E-state index contributed by atoms with van der Waals surface area (Å²) < 4.78 is 0. The molecule has 0 atom stereocenters. The average Bonchev–Trinajstić information content (AvgIpc) is 2.56. The summed E-state index contributed by atoms with van der Waals surface area (Å²) in [4.78, 5) is 16.5. The topological polar surface area (TPSA) is 59.9 Å². The van der Waals surface area contributed by atoms with Crippen LogP contribution < -0.4 is 5.56 Å². The Kier molecular flexibility index (Phi) is 4.36. The Morgan fingerprint density at radius 2 is 2.00 bits per heavy atom. The molecule has 0 amide bonds. The molecular weight excluding hydrogens is 274 g/mol. The zero-order valence-corrected chi connectivity index (χ0v) is 12.5. The van der Waals surface area contributed by atoms with Crippen LogP contribution in [0, 0.1) is 11.3 Å². The fourth-order valence-corrected chi connectivity index (χ4v) is 3.15. The Labute approximate surface area is 130 Å². The van der Waals surface area contributed by atoms with Crippen molar-refractivity contribution >= 4 is 0 Å². The molecule has 0 unspecified atom stereocenters. The summed E-state index contributed by atoms with van der Waals surface area (Å²) in [6.45, 7) is 2.82. The molecule has 2 aromatic rings. The third kappa shape index (κ3) is 3.26. The van der Waals surface area contributed by atoms with Crippen molar-refractivity contribution in [3.63, 3.8) is 0 Å². The lowest BCUT2D eigenvalue weighted by Crippen LogP contribution is -2.32. The third-order valence-electron chi connectivity index (χ3n) is 4.39. The van der Waals surface area contributed by atoms with Gasteiger partial charge in [0.15, 0.2) is 0 Å². The van der Waals surface area contributed by atoms with Crippen molar-refractivity contribution < 1.29 is 0 Å². The molecule has 0 radical (unpaired) electrons. The fourth-order valence-electron chi connectivity index (χ4n) is 3.15. The molecule has 0 spiro atoms. The van der Waals surface area contributed by atoms with Crippen molar-refractivity contribution in [3.05, 3.63) is 69.6 Å². The van der Waals surface area contributed by atoms with Gasteiger partial charge in [-0.2, -0.15) is 5.26 Å². The minimum atomic E-state index is -0.0251. The molecule has 112 valence electrons. The molecule has 1 aliphatic rings. The maximum absolute atomic E-state index is 11.4. The second-order valence-electron chi connectivity index (χ2n) is 5.81. The monoisotopic (exact) mass is 293 g/mol. The van der Waals surface area contributed by atoms with Crippen molar-refractivity contribution in [2.24, 2.45) is 0 Å². The van der Waals surface area contributed by atoms with E-state index in [9.17, 15) is 4.79 Å². The number of rotatable bonds is 3. The van der Waals surface area contributed by atoms with Crippen LogP contribution in [0.1, 0.15) is 35.4 Å². The minimum Gasteiger partial charge on any atom is -0.329 e. The molecule has 0 saturated carbocycles. The number of nitriles is 1. The Balaban J connectivity index is 1.63. The first kappa shape index (κ1) is 14.6. The van der Waals surface area contributed by atoms with Gasteiger partial charge in [0.1, 0.15) is 0 Å². The lowest BCUT2D eigenvalue weighted by Gasteiger charge is -2.32. The molecule has 1 saturated heterocycles. The number of nitrogens with one attached hydrogen (secondary N) is 1. The SMILES string of the molecule is N#Cc1ccccc1CN1CCC(c2cc[nH]c(=O)c2)CC1. The largest absolute Gasteiger partial charge is 0.329 e. The Morgan fingerprint density at radius 1 is 1.23 bits per heavy atom. The van der Waals surface area contributed by atoms with Crippen molar-refractivity contribution in [2.75, 3.05) is 13.1 Å². The van der Waals surface area contributed by atoms with Crippen LogP contribution in [0.5, 0.6) is 0 Å². The van der Waals surface area contributed by atoms with Gasteiger partial charge in [-0.1, -0.05) is 18.2 Å². The molecule has 0 aliphatic carbocycles. The van der Waals surface area contributed by atoms with Crippen LogP contribution in [0.15, 0.2) is 47.4 Å². The summed E-state index contributed by atoms with van der Waals surface area (Å²) in [7, 11) is 0. The fraction of sp³-hybridized carbons (Fsp3) is 0.333. The first-order valence-electron chi connectivity index (χ1n) is 7.65. The molecule has 4 heteroatoms. The second-order valence-corrected chi connectivity index (χ2v) is 5.81. The number of H-pyrrole nitrogens is 1. The molecule has 3 rings (SSSR count). The average molecular weight is 293 g/mol. The summed E-state index contributed by atoms with van der Waals surface area (Å²) in [5, 5.41) is 9.16. The molecule has 1 fully saturated rings. The Bertz CT molecular complexity index is 736. The smallest absolute Gasteiger partial charge is 0.248 e. The first-order valence-corrected chi connectivity index (χ1v) is 7.65. The van der Waals surface area contributed by atoms with E-state index >= 15 is 0 Å². The number of hydrogen-bond donors (Lipinski definition) is 1. The number of hydrogen-bond acceptors (Lipinski definition) is 3. The summed E-state index contributed by atoms with van der Waals surface area (Å²) >= 11 is 0. The van der Waals surface area contributed by atoms with E-state index in [2.05, 4.69) is 16.0 Å². The quantitative estimate of drug-likeness (QED) is 0.946. The van der Waals surface area contributed by atoms with E-state index in [1.165, 1.54) is 0 Å².